The van der Waals surface area contributed by atoms with E-state index in [1.54, 1.807) is 0 Å². The van der Waals surface area contributed by atoms with Gasteiger partial charge in [0, 0.05) is 6.04 Å². The quantitative estimate of drug-likeness (QED) is 0.837. The second-order valence-electron chi connectivity index (χ2n) is 6.58. The molecular formula is C16H23N3. The van der Waals surface area contributed by atoms with Gasteiger partial charge in [0.05, 0.1) is 11.0 Å². The van der Waals surface area contributed by atoms with Crippen LogP contribution in [-0.2, 0) is 0 Å². The zero-order valence-corrected chi connectivity index (χ0v) is 12.1. The summed E-state index contributed by atoms with van der Waals surface area (Å²) in [6.45, 7) is 6.84. The van der Waals surface area contributed by atoms with E-state index in [0.29, 0.717) is 17.4 Å². The van der Waals surface area contributed by atoms with E-state index in [9.17, 15) is 0 Å². The van der Waals surface area contributed by atoms with Crippen LogP contribution in [0.4, 0.5) is 5.95 Å². The van der Waals surface area contributed by atoms with Crippen molar-refractivity contribution in [2.45, 2.75) is 52.5 Å². The minimum atomic E-state index is 0.295. The fourth-order valence-corrected chi connectivity index (χ4v) is 3.50. The molecule has 19 heavy (non-hydrogen) atoms. The van der Waals surface area contributed by atoms with Gasteiger partial charge in [-0.1, -0.05) is 32.8 Å². The molecule has 2 N–H and O–H groups in total. The number of imidazole rings is 1. The summed E-state index contributed by atoms with van der Waals surface area (Å²) in [4.78, 5) is 4.54. The normalized spacial score (nSPS) is 22.8. The van der Waals surface area contributed by atoms with Crippen LogP contribution in [0.25, 0.3) is 11.0 Å². The van der Waals surface area contributed by atoms with Crippen LogP contribution in [0.2, 0.25) is 0 Å². The molecule has 1 fully saturated rings. The molecule has 3 nitrogen and oxygen atoms in total. The van der Waals surface area contributed by atoms with E-state index in [1.165, 1.54) is 36.8 Å². The number of nitrogen functional groups attached to an aromatic ring is 1. The summed E-state index contributed by atoms with van der Waals surface area (Å²) in [6.07, 6.45) is 5.09. The molecule has 1 aliphatic carbocycles. The number of nitrogens with zero attached hydrogens (tertiary/aromatic N) is 2. The molecule has 1 aromatic heterocycles. The van der Waals surface area contributed by atoms with E-state index in [4.69, 9.17) is 5.73 Å². The van der Waals surface area contributed by atoms with Crippen LogP contribution in [0.5, 0.6) is 0 Å². The van der Waals surface area contributed by atoms with Crippen molar-refractivity contribution >= 4 is 17.0 Å². The molecule has 3 rings (SSSR count). The van der Waals surface area contributed by atoms with Crippen molar-refractivity contribution in [1.29, 1.82) is 0 Å². The molecule has 1 saturated carbocycles. The van der Waals surface area contributed by atoms with Crippen LogP contribution in [0.1, 0.15) is 51.1 Å². The van der Waals surface area contributed by atoms with Gasteiger partial charge in [-0.25, -0.2) is 4.98 Å². The minimum Gasteiger partial charge on any atom is -0.369 e. The molecule has 1 heterocycles. The Labute approximate surface area is 114 Å². The van der Waals surface area contributed by atoms with E-state index in [-0.39, 0.29) is 0 Å². The zero-order valence-electron chi connectivity index (χ0n) is 12.1. The van der Waals surface area contributed by atoms with Gasteiger partial charge < -0.3 is 10.3 Å². The lowest BCUT2D eigenvalue weighted by Gasteiger charge is -2.40. The Morgan fingerprint density at radius 1 is 1.32 bits per heavy atom. The summed E-state index contributed by atoms with van der Waals surface area (Å²) >= 11 is 0. The third kappa shape index (κ3) is 2.01. The van der Waals surface area contributed by atoms with Gasteiger partial charge in [0.25, 0.3) is 0 Å². The van der Waals surface area contributed by atoms with Gasteiger partial charge in [0.2, 0.25) is 5.95 Å². The molecule has 2 aromatic rings. The maximum absolute atomic E-state index is 6.21. The van der Waals surface area contributed by atoms with E-state index < -0.39 is 0 Å². The van der Waals surface area contributed by atoms with Crippen molar-refractivity contribution in [3.63, 3.8) is 0 Å². The highest BCUT2D eigenvalue weighted by atomic mass is 15.2. The second-order valence-corrected chi connectivity index (χ2v) is 6.58. The Morgan fingerprint density at radius 3 is 2.84 bits per heavy atom. The first kappa shape index (κ1) is 12.5. The number of nitrogens with two attached hydrogens (primary N) is 1. The molecule has 0 radical (unpaired) electrons. The Balaban J connectivity index is 2.18. The van der Waals surface area contributed by atoms with Crippen molar-refractivity contribution < 1.29 is 0 Å². The first-order chi connectivity index (χ1) is 8.99. The molecule has 102 valence electrons. The summed E-state index contributed by atoms with van der Waals surface area (Å²) < 4.78 is 2.28. The lowest BCUT2D eigenvalue weighted by molar-refractivity contribution is 0.149. The maximum atomic E-state index is 6.21. The Bertz CT molecular complexity index is 610. The SMILES string of the molecule is Cc1ccc2nc(N)n(C3CCCCC3(C)C)c2c1. The first-order valence-electron chi connectivity index (χ1n) is 7.23. The standard InChI is InChI=1S/C16H23N3/c1-11-7-8-12-13(10-11)19(15(17)18-12)14-6-4-5-9-16(14,2)3/h7-8,10,14H,4-6,9H2,1-3H3,(H2,17,18). The molecule has 0 saturated heterocycles. The molecule has 0 spiro atoms. The third-order valence-corrected chi connectivity index (χ3v) is 4.63. The van der Waals surface area contributed by atoms with Crippen molar-refractivity contribution in [2.24, 2.45) is 5.41 Å². The van der Waals surface area contributed by atoms with E-state index in [1.807, 2.05) is 0 Å². The highest BCUT2D eigenvalue weighted by Gasteiger charge is 2.35. The number of aryl methyl sites for hydroxylation is 1. The number of anilines is 1. The molecule has 1 atom stereocenters. The topological polar surface area (TPSA) is 43.8 Å². The number of hydrogen-bond donors (Lipinski definition) is 1. The summed E-state index contributed by atoms with van der Waals surface area (Å²) in [7, 11) is 0. The van der Waals surface area contributed by atoms with Crippen molar-refractivity contribution in [1.82, 2.24) is 9.55 Å². The second kappa shape index (κ2) is 4.26. The predicted molar refractivity (Wildman–Crippen MR) is 80.2 cm³/mol. The smallest absolute Gasteiger partial charge is 0.201 e. The van der Waals surface area contributed by atoms with Gasteiger partial charge >= 0.3 is 0 Å². The largest absolute Gasteiger partial charge is 0.369 e. The van der Waals surface area contributed by atoms with Gasteiger partial charge in [-0.05, 0) is 42.9 Å². The van der Waals surface area contributed by atoms with Gasteiger partial charge in [-0.2, -0.15) is 0 Å². The van der Waals surface area contributed by atoms with E-state index >= 15 is 0 Å². The summed E-state index contributed by atoms with van der Waals surface area (Å²) in [6, 6.07) is 6.86. The number of rotatable bonds is 1. The van der Waals surface area contributed by atoms with Crippen LogP contribution in [-0.4, -0.2) is 9.55 Å². The molecule has 1 aliphatic rings. The molecule has 0 bridgehead atoms. The van der Waals surface area contributed by atoms with Crippen LogP contribution >= 0.6 is 0 Å². The fraction of sp³-hybridized carbons (Fsp3) is 0.562. The third-order valence-electron chi connectivity index (χ3n) is 4.63. The number of fused-ring (bicyclic) bond motifs is 1. The molecule has 0 aliphatic heterocycles. The van der Waals surface area contributed by atoms with Gasteiger partial charge in [0.15, 0.2) is 0 Å². The summed E-state index contributed by atoms with van der Waals surface area (Å²) in [5.74, 6) is 0.667. The Morgan fingerprint density at radius 2 is 2.11 bits per heavy atom. The Hall–Kier alpha value is -1.51. The highest BCUT2D eigenvalue weighted by molar-refractivity contribution is 5.79. The summed E-state index contributed by atoms with van der Waals surface area (Å²) in [5, 5.41) is 0. The van der Waals surface area contributed by atoms with Crippen LogP contribution in [0.3, 0.4) is 0 Å². The molecule has 1 aromatic carbocycles. The van der Waals surface area contributed by atoms with Gasteiger partial charge in [-0.15, -0.1) is 0 Å². The first-order valence-corrected chi connectivity index (χ1v) is 7.23. The lowest BCUT2D eigenvalue weighted by atomic mass is 9.73. The van der Waals surface area contributed by atoms with Crippen LogP contribution in [0, 0.1) is 12.3 Å². The highest BCUT2D eigenvalue weighted by Crippen LogP contribution is 2.45. The van der Waals surface area contributed by atoms with Crippen molar-refractivity contribution in [3.8, 4) is 0 Å². The Kier molecular flexibility index (Phi) is 2.80. The predicted octanol–water partition coefficient (Wildman–Crippen LogP) is 4.07. The monoisotopic (exact) mass is 257 g/mol. The number of benzene rings is 1. The van der Waals surface area contributed by atoms with Crippen molar-refractivity contribution in [3.05, 3.63) is 23.8 Å². The van der Waals surface area contributed by atoms with E-state index in [0.717, 1.165) is 5.52 Å². The van der Waals surface area contributed by atoms with Gasteiger partial charge in [0.1, 0.15) is 0 Å². The molecule has 0 amide bonds. The molecule has 3 heteroatoms. The fourth-order valence-electron chi connectivity index (χ4n) is 3.50. The van der Waals surface area contributed by atoms with Crippen molar-refractivity contribution in [2.75, 3.05) is 5.73 Å². The average molecular weight is 257 g/mol. The lowest BCUT2D eigenvalue weighted by Crippen LogP contribution is -2.31. The zero-order chi connectivity index (χ0) is 13.6. The maximum Gasteiger partial charge on any atom is 0.201 e. The van der Waals surface area contributed by atoms with Gasteiger partial charge in [-0.3, -0.25) is 0 Å². The van der Waals surface area contributed by atoms with Crippen LogP contribution in [0.15, 0.2) is 18.2 Å². The minimum absolute atomic E-state index is 0.295. The van der Waals surface area contributed by atoms with Crippen LogP contribution < -0.4 is 5.73 Å². The number of hydrogen-bond acceptors (Lipinski definition) is 2. The molecule has 1 unspecified atom stereocenters. The molecular weight excluding hydrogens is 234 g/mol. The average Bonchev–Trinajstić information content (AvgIpc) is 2.65. The summed E-state index contributed by atoms with van der Waals surface area (Å²) in [5.41, 5.74) is 9.98. The number of aromatic nitrogens is 2. The van der Waals surface area contributed by atoms with E-state index in [2.05, 4.69) is 48.5 Å².